The number of hydrogen-bond donors (Lipinski definition) is 1. The van der Waals surface area contributed by atoms with E-state index in [0.717, 1.165) is 23.0 Å². The van der Waals surface area contributed by atoms with Gasteiger partial charge in [-0.1, -0.05) is 54.6 Å². The van der Waals surface area contributed by atoms with Gasteiger partial charge in [0.15, 0.2) is 0 Å². The minimum Gasteiger partial charge on any atom is -0.346 e. The number of hydrogen-bond acceptors (Lipinski definition) is 2. The first-order valence-electron chi connectivity index (χ1n) is 6.56. The molecule has 1 N–H and O–H groups in total. The van der Waals surface area contributed by atoms with E-state index in [-0.39, 0.29) is 5.91 Å². The quantitative estimate of drug-likeness (QED) is 0.846. The highest BCUT2D eigenvalue weighted by Crippen LogP contribution is 2.19. The lowest BCUT2D eigenvalue weighted by molar-refractivity contribution is -0.122. The summed E-state index contributed by atoms with van der Waals surface area (Å²) in [4.78, 5) is 21.9. The molecular weight excluding hydrogens is 250 g/mol. The molecule has 0 fully saturated rings. The van der Waals surface area contributed by atoms with E-state index < -0.39 is 6.04 Å². The monoisotopic (exact) mass is 267 g/mol. The van der Waals surface area contributed by atoms with Crippen LogP contribution in [0.25, 0.3) is 11.1 Å². The van der Waals surface area contributed by atoms with Gasteiger partial charge in [0.05, 0.1) is 6.04 Å². The van der Waals surface area contributed by atoms with Gasteiger partial charge >= 0.3 is 0 Å². The Balaban J connectivity index is 2.08. The zero-order valence-electron chi connectivity index (χ0n) is 11.4. The van der Waals surface area contributed by atoms with Crippen LogP contribution in [-0.2, 0) is 16.0 Å². The van der Waals surface area contributed by atoms with Crippen molar-refractivity contribution in [2.75, 3.05) is 0 Å². The lowest BCUT2D eigenvalue weighted by Crippen LogP contribution is -2.35. The number of benzene rings is 2. The third-order valence-corrected chi connectivity index (χ3v) is 3.07. The number of carbonyl (C=O) groups excluding carboxylic acids is 2. The molecule has 0 unspecified atom stereocenters. The Hall–Kier alpha value is -2.42. The molecule has 0 radical (unpaired) electrons. The average Bonchev–Trinajstić information content (AvgIpc) is 2.48. The van der Waals surface area contributed by atoms with Crippen LogP contribution in [0.1, 0.15) is 12.5 Å². The predicted molar refractivity (Wildman–Crippen MR) is 79.3 cm³/mol. The lowest BCUT2D eigenvalue weighted by atomic mass is 10.0. The van der Waals surface area contributed by atoms with E-state index in [0.29, 0.717) is 6.42 Å². The van der Waals surface area contributed by atoms with Crippen molar-refractivity contribution in [2.24, 2.45) is 0 Å². The third kappa shape index (κ3) is 3.79. The van der Waals surface area contributed by atoms with Gasteiger partial charge in [0.25, 0.3) is 0 Å². The van der Waals surface area contributed by atoms with Crippen molar-refractivity contribution >= 4 is 12.2 Å². The van der Waals surface area contributed by atoms with Gasteiger partial charge in [-0.15, -0.1) is 0 Å². The summed E-state index contributed by atoms with van der Waals surface area (Å²) in [6, 6.07) is 17.7. The summed E-state index contributed by atoms with van der Waals surface area (Å²) in [5.74, 6) is -0.192. The van der Waals surface area contributed by atoms with Crippen LogP contribution in [0, 0.1) is 0 Å². The summed E-state index contributed by atoms with van der Waals surface area (Å²) in [5.41, 5.74) is 3.32. The SMILES string of the molecule is CC(=O)N[C@@H](C=O)Cc1ccc(-c2ccccc2)cc1. The van der Waals surface area contributed by atoms with Gasteiger partial charge < -0.3 is 10.1 Å². The summed E-state index contributed by atoms with van der Waals surface area (Å²) in [5, 5.41) is 2.62. The molecule has 2 aromatic rings. The van der Waals surface area contributed by atoms with Crippen LogP contribution in [0.15, 0.2) is 54.6 Å². The largest absolute Gasteiger partial charge is 0.346 e. The van der Waals surface area contributed by atoms with Crippen LogP contribution < -0.4 is 5.32 Å². The molecule has 3 heteroatoms. The molecule has 0 spiro atoms. The zero-order valence-corrected chi connectivity index (χ0v) is 11.4. The Bertz CT molecular complexity index is 576. The van der Waals surface area contributed by atoms with Crippen molar-refractivity contribution < 1.29 is 9.59 Å². The number of carbonyl (C=O) groups is 2. The fraction of sp³-hybridized carbons (Fsp3) is 0.176. The molecule has 0 bridgehead atoms. The Labute approximate surface area is 118 Å². The van der Waals surface area contributed by atoms with Crippen molar-refractivity contribution in [3.8, 4) is 11.1 Å². The fourth-order valence-corrected chi connectivity index (χ4v) is 2.11. The highest BCUT2D eigenvalue weighted by molar-refractivity contribution is 5.77. The van der Waals surface area contributed by atoms with Crippen LogP contribution in [-0.4, -0.2) is 18.2 Å². The highest BCUT2D eigenvalue weighted by atomic mass is 16.2. The first kappa shape index (κ1) is 14.0. The first-order chi connectivity index (χ1) is 9.69. The molecule has 0 saturated heterocycles. The molecule has 2 rings (SSSR count). The molecule has 0 saturated carbocycles. The van der Waals surface area contributed by atoms with Gasteiger partial charge in [-0.05, 0) is 23.1 Å². The molecule has 0 aliphatic heterocycles. The van der Waals surface area contributed by atoms with E-state index in [2.05, 4.69) is 17.4 Å². The van der Waals surface area contributed by atoms with Gasteiger partial charge in [0, 0.05) is 6.92 Å². The Morgan fingerprint density at radius 3 is 2.20 bits per heavy atom. The number of rotatable bonds is 5. The standard InChI is InChI=1S/C17H17NO2/c1-13(20)18-17(12-19)11-14-7-9-16(10-8-14)15-5-3-2-4-6-15/h2-10,12,17H,11H2,1H3,(H,18,20)/t17-/m1/s1. The van der Waals surface area contributed by atoms with E-state index in [1.54, 1.807) is 0 Å². The molecule has 0 aliphatic carbocycles. The number of nitrogens with one attached hydrogen (secondary N) is 1. The lowest BCUT2D eigenvalue weighted by Gasteiger charge is -2.11. The number of aldehydes is 1. The molecule has 102 valence electrons. The normalized spacial score (nSPS) is 11.7. The van der Waals surface area contributed by atoms with Crippen LogP contribution in [0.3, 0.4) is 0 Å². The maximum Gasteiger partial charge on any atom is 0.217 e. The van der Waals surface area contributed by atoms with Gasteiger partial charge in [0.2, 0.25) is 5.91 Å². The molecule has 1 atom stereocenters. The van der Waals surface area contributed by atoms with Crippen LogP contribution in [0.4, 0.5) is 0 Å². The fourth-order valence-electron chi connectivity index (χ4n) is 2.11. The van der Waals surface area contributed by atoms with Gasteiger partial charge in [-0.2, -0.15) is 0 Å². The van der Waals surface area contributed by atoms with E-state index in [4.69, 9.17) is 0 Å². The first-order valence-corrected chi connectivity index (χ1v) is 6.56. The maximum absolute atomic E-state index is 11.0. The summed E-state index contributed by atoms with van der Waals surface area (Å²) in [7, 11) is 0. The van der Waals surface area contributed by atoms with Crippen LogP contribution >= 0.6 is 0 Å². The summed E-state index contributed by atoms with van der Waals surface area (Å²) < 4.78 is 0. The van der Waals surface area contributed by atoms with Crippen molar-refractivity contribution in [1.29, 1.82) is 0 Å². The summed E-state index contributed by atoms with van der Waals surface area (Å²) in [6.07, 6.45) is 1.28. The molecule has 1 amide bonds. The maximum atomic E-state index is 11.0. The molecule has 0 heterocycles. The van der Waals surface area contributed by atoms with Crippen molar-refractivity contribution in [2.45, 2.75) is 19.4 Å². The van der Waals surface area contributed by atoms with Crippen molar-refractivity contribution in [3.05, 3.63) is 60.2 Å². The molecule has 0 aromatic heterocycles. The minimum atomic E-state index is -0.463. The second-order valence-electron chi connectivity index (χ2n) is 4.71. The predicted octanol–water partition coefficient (Wildman–Crippen LogP) is 2.60. The van der Waals surface area contributed by atoms with Crippen LogP contribution in [0.2, 0.25) is 0 Å². The van der Waals surface area contributed by atoms with Gasteiger partial charge in [0.1, 0.15) is 6.29 Å². The Morgan fingerprint density at radius 1 is 1.05 bits per heavy atom. The second kappa shape index (κ2) is 6.66. The number of amides is 1. The third-order valence-electron chi connectivity index (χ3n) is 3.07. The Kier molecular flexibility index (Phi) is 4.66. The molecule has 20 heavy (non-hydrogen) atoms. The van der Waals surface area contributed by atoms with E-state index >= 15 is 0 Å². The van der Waals surface area contributed by atoms with Crippen molar-refractivity contribution in [1.82, 2.24) is 5.32 Å². The minimum absolute atomic E-state index is 0.192. The molecule has 2 aromatic carbocycles. The second-order valence-corrected chi connectivity index (χ2v) is 4.71. The van der Waals surface area contributed by atoms with E-state index in [1.807, 2.05) is 42.5 Å². The topological polar surface area (TPSA) is 46.2 Å². The van der Waals surface area contributed by atoms with Gasteiger partial charge in [-0.25, -0.2) is 0 Å². The van der Waals surface area contributed by atoms with E-state index in [1.165, 1.54) is 6.92 Å². The highest BCUT2D eigenvalue weighted by Gasteiger charge is 2.09. The van der Waals surface area contributed by atoms with E-state index in [9.17, 15) is 9.59 Å². The Morgan fingerprint density at radius 2 is 1.65 bits per heavy atom. The molecular formula is C17H17NO2. The summed E-state index contributed by atoms with van der Waals surface area (Å²) in [6.45, 7) is 1.41. The summed E-state index contributed by atoms with van der Waals surface area (Å²) >= 11 is 0. The van der Waals surface area contributed by atoms with Crippen molar-refractivity contribution in [3.63, 3.8) is 0 Å². The van der Waals surface area contributed by atoms with Gasteiger partial charge in [-0.3, -0.25) is 4.79 Å². The zero-order chi connectivity index (χ0) is 14.4. The smallest absolute Gasteiger partial charge is 0.217 e. The van der Waals surface area contributed by atoms with Crippen LogP contribution in [0.5, 0.6) is 0 Å². The molecule has 3 nitrogen and oxygen atoms in total. The molecule has 0 aliphatic rings. The average molecular weight is 267 g/mol.